The predicted octanol–water partition coefficient (Wildman–Crippen LogP) is 1.29. The summed E-state index contributed by atoms with van der Waals surface area (Å²) in [6.45, 7) is 1.19. The summed E-state index contributed by atoms with van der Waals surface area (Å²) < 4.78 is 14.2. The zero-order valence-electron chi connectivity index (χ0n) is 8.90. The maximum Gasteiger partial charge on any atom is 0.287 e. The minimum Gasteiger partial charge on any atom is -0.274 e. The fraction of sp³-hybridized carbons (Fsp3) is 0.400. The second-order valence-corrected chi connectivity index (χ2v) is 3.22. The van der Waals surface area contributed by atoms with Crippen LogP contribution < -0.4 is 0 Å². The van der Waals surface area contributed by atoms with Gasteiger partial charge < -0.3 is 0 Å². The van der Waals surface area contributed by atoms with Gasteiger partial charge in [0.05, 0.1) is 7.11 Å². The zero-order valence-corrected chi connectivity index (χ0v) is 8.90. The smallest absolute Gasteiger partial charge is 0.274 e. The first-order valence-corrected chi connectivity index (χ1v) is 4.42. The van der Waals surface area contributed by atoms with Crippen molar-refractivity contribution in [1.82, 2.24) is 10.0 Å². The van der Waals surface area contributed by atoms with Gasteiger partial charge in [-0.05, 0) is 19.1 Å². The molecule has 1 atom stereocenters. The average Bonchev–Trinajstić information content (AvgIpc) is 2.28. The van der Waals surface area contributed by atoms with Gasteiger partial charge in [0, 0.05) is 25.0 Å². The van der Waals surface area contributed by atoms with Gasteiger partial charge >= 0.3 is 0 Å². The first-order valence-electron chi connectivity index (χ1n) is 4.42. The Morgan fingerprint density at radius 2 is 2.07 bits per heavy atom. The van der Waals surface area contributed by atoms with Gasteiger partial charge in [-0.15, -0.1) is 0 Å². The number of nitrogens with zero attached hydrogens (tertiary/aromatic N) is 2. The van der Waals surface area contributed by atoms with Crippen molar-refractivity contribution < 1.29 is 14.0 Å². The number of alkyl halides is 1. The normalized spacial score (nSPS) is 14.4. The molecular formula is C10H13FN2O2. The van der Waals surface area contributed by atoms with Gasteiger partial charge in [-0.3, -0.25) is 14.6 Å². The van der Waals surface area contributed by atoms with Crippen molar-refractivity contribution in [3.05, 3.63) is 30.1 Å². The number of likely N-dealkylation sites (N-methyl/N-ethyl adjacent to an activating group) is 1. The van der Waals surface area contributed by atoms with E-state index < -0.39 is 11.6 Å². The third kappa shape index (κ3) is 2.30. The van der Waals surface area contributed by atoms with Gasteiger partial charge in [0.2, 0.25) is 5.67 Å². The Morgan fingerprint density at radius 1 is 1.53 bits per heavy atom. The number of aromatic nitrogens is 1. The molecule has 1 aromatic heterocycles. The van der Waals surface area contributed by atoms with Gasteiger partial charge in [0.15, 0.2) is 0 Å². The molecule has 5 heteroatoms. The molecule has 0 radical (unpaired) electrons. The lowest BCUT2D eigenvalue weighted by atomic mass is 9.98. The summed E-state index contributed by atoms with van der Waals surface area (Å²) in [6, 6.07) is 2.92. The third-order valence-corrected chi connectivity index (χ3v) is 2.18. The molecule has 0 N–H and O–H groups in total. The van der Waals surface area contributed by atoms with Crippen LogP contribution in [0.3, 0.4) is 0 Å². The molecule has 82 valence electrons. The summed E-state index contributed by atoms with van der Waals surface area (Å²) in [6.07, 6.45) is 2.88. The second kappa shape index (κ2) is 4.35. The number of hydrogen-bond donors (Lipinski definition) is 0. The van der Waals surface area contributed by atoms with E-state index >= 15 is 0 Å². The summed E-state index contributed by atoms with van der Waals surface area (Å²) in [5.74, 6) is -0.754. The number of rotatable bonds is 3. The van der Waals surface area contributed by atoms with Crippen molar-refractivity contribution in [3.63, 3.8) is 0 Å². The Bertz CT molecular complexity index is 341. The fourth-order valence-electron chi connectivity index (χ4n) is 1.17. The van der Waals surface area contributed by atoms with E-state index in [1.807, 2.05) is 0 Å². The van der Waals surface area contributed by atoms with E-state index in [0.717, 1.165) is 5.06 Å². The number of halogens is 1. The van der Waals surface area contributed by atoms with Crippen LogP contribution in [0.5, 0.6) is 0 Å². The zero-order chi connectivity index (χ0) is 11.5. The molecule has 0 saturated heterocycles. The predicted molar refractivity (Wildman–Crippen MR) is 52.5 cm³/mol. The van der Waals surface area contributed by atoms with Gasteiger partial charge in [0.25, 0.3) is 5.91 Å². The molecule has 0 bridgehead atoms. The van der Waals surface area contributed by atoms with Crippen LogP contribution in [0, 0.1) is 0 Å². The molecule has 0 spiro atoms. The summed E-state index contributed by atoms with van der Waals surface area (Å²) in [5.41, 5.74) is -1.85. The summed E-state index contributed by atoms with van der Waals surface area (Å²) in [7, 11) is 2.67. The molecule has 0 aliphatic carbocycles. The molecule has 0 aromatic carbocycles. The van der Waals surface area contributed by atoms with E-state index in [0.29, 0.717) is 0 Å². The minimum atomic E-state index is -2.10. The largest absolute Gasteiger partial charge is 0.287 e. The molecular weight excluding hydrogens is 199 g/mol. The lowest BCUT2D eigenvalue weighted by molar-refractivity contribution is -0.181. The van der Waals surface area contributed by atoms with Crippen molar-refractivity contribution >= 4 is 5.91 Å². The third-order valence-electron chi connectivity index (χ3n) is 2.18. The number of pyridine rings is 1. The van der Waals surface area contributed by atoms with Crippen LogP contribution in [0.1, 0.15) is 12.5 Å². The minimum absolute atomic E-state index is 0.256. The highest BCUT2D eigenvalue weighted by Gasteiger charge is 2.37. The summed E-state index contributed by atoms with van der Waals surface area (Å²) in [4.78, 5) is 20.0. The molecule has 0 fully saturated rings. The van der Waals surface area contributed by atoms with Crippen molar-refractivity contribution in [1.29, 1.82) is 0 Å². The first kappa shape index (κ1) is 11.6. The van der Waals surface area contributed by atoms with E-state index in [4.69, 9.17) is 0 Å². The Hall–Kier alpha value is -1.49. The van der Waals surface area contributed by atoms with E-state index in [1.54, 1.807) is 0 Å². The monoisotopic (exact) mass is 212 g/mol. The lowest BCUT2D eigenvalue weighted by Gasteiger charge is -2.24. The maximum absolute atomic E-state index is 14.2. The molecule has 1 aromatic rings. The van der Waals surface area contributed by atoms with Crippen molar-refractivity contribution in [2.45, 2.75) is 12.6 Å². The van der Waals surface area contributed by atoms with Crippen LogP contribution in [0.15, 0.2) is 24.5 Å². The molecule has 0 saturated carbocycles. The summed E-state index contributed by atoms with van der Waals surface area (Å²) >= 11 is 0. The maximum atomic E-state index is 14.2. The highest BCUT2D eigenvalue weighted by atomic mass is 19.1. The standard InChI is InChI=1S/C10H13FN2O2/c1-10(11,9(14)13(2)15-3)8-4-6-12-7-5-8/h4-7H,1-3H3/t10-/m1/s1. The van der Waals surface area contributed by atoms with Crippen molar-refractivity contribution in [2.75, 3.05) is 14.2 Å². The van der Waals surface area contributed by atoms with Crippen LogP contribution in [-0.4, -0.2) is 30.1 Å². The number of hydroxylamine groups is 2. The first-order chi connectivity index (χ1) is 7.00. The number of carbonyl (C=O) groups is 1. The Kier molecular flexibility index (Phi) is 3.36. The number of carbonyl (C=O) groups excluding carboxylic acids is 1. The van der Waals surface area contributed by atoms with Crippen LogP contribution in [0.4, 0.5) is 4.39 Å². The van der Waals surface area contributed by atoms with Crippen LogP contribution >= 0.6 is 0 Å². The van der Waals surface area contributed by atoms with Gasteiger partial charge in [0.1, 0.15) is 0 Å². The van der Waals surface area contributed by atoms with Gasteiger partial charge in [-0.25, -0.2) is 9.45 Å². The fourth-order valence-corrected chi connectivity index (χ4v) is 1.17. The Balaban J connectivity index is 2.98. The second-order valence-electron chi connectivity index (χ2n) is 3.22. The van der Waals surface area contributed by atoms with Crippen LogP contribution in [0.25, 0.3) is 0 Å². The van der Waals surface area contributed by atoms with E-state index in [2.05, 4.69) is 9.82 Å². The molecule has 0 aliphatic rings. The molecule has 0 unspecified atom stereocenters. The van der Waals surface area contributed by atoms with Crippen molar-refractivity contribution in [3.8, 4) is 0 Å². The highest BCUT2D eigenvalue weighted by molar-refractivity contribution is 5.85. The highest BCUT2D eigenvalue weighted by Crippen LogP contribution is 2.26. The summed E-state index contributed by atoms with van der Waals surface area (Å²) in [5, 5.41) is 0.862. The van der Waals surface area contributed by atoms with E-state index in [9.17, 15) is 9.18 Å². The Morgan fingerprint density at radius 3 is 2.53 bits per heavy atom. The van der Waals surface area contributed by atoms with Gasteiger partial charge in [-0.2, -0.15) is 0 Å². The van der Waals surface area contributed by atoms with Crippen molar-refractivity contribution in [2.24, 2.45) is 0 Å². The van der Waals surface area contributed by atoms with Crippen LogP contribution in [0.2, 0.25) is 0 Å². The van der Waals surface area contributed by atoms with Crippen LogP contribution in [-0.2, 0) is 15.3 Å². The SMILES string of the molecule is CON(C)C(=O)[C@](C)(F)c1ccncc1. The topological polar surface area (TPSA) is 42.4 Å². The quantitative estimate of drug-likeness (QED) is 0.709. The van der Waals surface area contributed by atoms with Gasteiger partial charge in [-0.1, -0.05) is 0 Å². The molecule has 4 nitrogen and oxygen atoms in total. The Labute approximate surface area is 87.6 Å². The molecule has 0 aliphatic heterocycles. The van der Waals surface area contributed by atoms with E-state index in [-0.39, 0.29) is 5.56 Å². The average molecular weight is 212 g/mol. The van der Waals surface area contributed by atoms with E-state index in [1.165, 1.54) is 45.6 Å². The molecule has 1 rings (SSSR count). The molecule has 1 amide bonds. The number of amides is 1. The molecule has 15 heavy (non-hydrogen) atoms. The molecule has 1 heterocycles. The lowest BCUT2D eigenvalue weighted by Crippen LogP contribution is -2.39. The number of hydrogen-bond acceptors (Lipinski definition) is 3.